The standard InChI is InChI=1S/C16H18ClN/c1-18(2)12-14-7-5-6-13(10-14)11-15-8-3-4-9-16(15)17/h3-10H,11-12H2,1-2H3. The van der Waals surface area contributed by atoms with E-state index in [4.69, 9.17) is 11.6 Å². The van der Waals surface area contributed by atoms with Crippen LogP contribution in [0.2, 0.25) is 5.02 Å². The highest BCUT2D eigenvalue weighted by molar-refractivity contribution is 6.31. The van der Waals surface area contributed by atoms with Gasteiger partial charge in [-0.2, -0.15) is 0 Å². The maximum Gasteiger partial charge on any atom is 0.0441 e. The van der Waals surface area contributed by atoms with Crippen molar-refractivity contribution in [3.63, 3.8) is 0 Å². The molecule has 2 heteroatoms. The molecule has 0 aliphatic carbocycles. The maximum absolute atomic E-state index is 6.19. The summed E-state index contributed by atoms with van der Waals surface area (Å²) in [6.45, 7) is 0.969. The van der Waals surface area contributed by atoms with Crippen molar-refractivity contribution in [2.45, 2.75) is 13.0 Å². The summed E-state index contributed by atoms with van der Waals surface area (Å²) in [5.74, 6) is 0. The van der Waals surface area contributed by atoms with Crippen LogP contribution < -0.4 is 0 Å². The Hall–Kier alpha value is -1.31. The first-order valence-electron chi connectivity index (χ1n) is 6.11. The summed E-state index contributed by atoms with van der Waals surface area (Å²) in [5.41, 5.74) is 3.83. The number of hydrogen-bond acceptors (Lipinski definition) is 1. The van der Waals surface area contributed by atoms with Crippen LogP contribution in [0.3, 0.4) is 0 Å². The van der Waals surface area contributed by atoms with E-state index in [9.17, 15) is 0 Å². The van der Waals surface area contributed by atoms with Crippen molar-refractivity contribution < 1.29 is 0 Å². The molecule has 0 aliphatic rings. The summed E-state index contributed by atoms with van der Waals surface area (Å²) >= 11 is 6.19. The topological polar surface area (TPSA) is 3.24 Å². The Balaban J connectivity index is 2.17. The van der Waals surface area contributed by atoms with E-state index in [2.05, 4.69) is 49.3 Å². The van der Waals surface area contributed by atoms with Gasteiger partial charge in [-0.25, -0.2) is 0 Å². The van der Waals surface area contributed by atoms with Gasteiger partial charge in [-0.15, -0.1) is 0 Å². The summed E-state index contributed by atoms with van der Waals surface area (Å²) in [6.07, 6.45) is 0.890. The molecule has 0 saturated carbocycles. The molecule has 0 spiro atoms. The second-order valence-electron chi connectivity index (χ2n) is 4.83. The smallest absolute Gasteiger partial charge is 0.0441 e. The molecular formula is C16H18ClN. The zero-order chi connectivity index (χ0) is 13.0. The maximum atomic E-state index is 6.19. The van der Waals surface area contributed by atoms with Crippen LogP contribution in [-0.4, -0.2) is 19.0 Å². The molecule has 94 valence electrons. The van der Waals surface area contributed by atoms with Gasteiger partial charge in [0.2, 0.25) is 0 Å². The molecule has 2 rings (SSSR count). The van der Waals surface area contributed by atoms with Gasteiger partial charge in [0.25, 0.3) is 0 Å². The van der Waals surface area contributed by atoms with E-state index in [1.165, 1.54) is 16.7 Å². The van der Waals surface area contributed by atoms with Gasteiger partial charge in [0, 0.05) is 11.6 Å². The summed E-state index contributed by atoms with van der Waals surface area (Å²) in [7, 11) is 4.17. The first kappa shape index (κ1) is 13.1. The van der Waals surface area contributed by atoms with Crippen molar-refractivity contribution in [2.75, 3.05) is 14.1 Å². The van der Waals surface area contributed by atoms with Crippen molar-refractivity contribution >= 4 is 11.6 Å². The van der Waals surface area contributed by atoms with Gasteiger partial charge in [0.05, 0.1) is 0 Å². The average molecular weight is 260 g/mol. The normalized spacial score (nSPS) is 10.9. The van der Waals surface area contributed by atoms with E-state index in [0.29, 0.717) is 0 Å². The molecule has 1 nitrogen and oxygen atoms in total. The van der Waals surface area contributed by atoms with Gasteiger partial charge < -0.3 is 4.90 Å². The Labute approximate surface area is 114 Å². The first-order valence-corrected chi connectivity index (χ1v) is 6.49. The average Bonchev–Trinajstić information content (AvgIpc) is 2.32. The Morgan fingerprint density at radius 2 is 1.67 bits per heavy atom. The fourth-order valence-electron chi connectivity index (χ4n) is 2.06. The van der Waals surface area contributed by atoms with Crippen molar-refractivity contribution in [2.24, 2.45) is 0 Å². The van der Waals surface area contributed by atoms with Crippen LogP contribution in [-0.2, 0) is 13.0 Å². The van der Waals surface area contributed by atoms with E-state index in [-0.39, 0.29) is 0 Å². The summed E-state index contributed by atoms with van der Waals surface area (Å²) in [5, 5.41) is 0.843. The van der Waals surface area contributed by atoms with E-state index >= 15 is 0 Å². The van der Waals surface area contributed by atoms with Crippen LogP contribution >= 0.6 is 11.6 Å². The quantitative estimate of drug-likeness (QED) is 0.803. The molecule has 0 radical (unpaired) electrons. The number of rotatable bonds is 4. The number of halogens is 1. The largest absolute Gasteiger partial charge is 0.305 e. The Morgan fingerprint density at radius 3 is 2.39 bits per heavy atom. The first-order chi connectivity index (χ1) is 8.65. The zero-order valence-corrected chi connectivity index (χ0v) is 11.6. The molecule has 0 atom stereocenters. The predicted octanol–water partition coefficient (Wildman–Crippen LogP) is 3.99. The molecule has 0 bridgehead atoms. The summed E-state index contributed by atoms with van der Waals surface area (Å²) in [4.78, 5) is 2.18. The monoisotopic (exact) mass is 259 g/mol. The number of nitrogens with zero attached hydrogens (tertiary/aromatic N) is 1. The molecular weight excluding hydrogens is 242 g/mol. The molecule has 2 aromatic rings. The minimum atomic E-state index is 0.843. The van der Waals surface area contributed by atoms with Gasteiger partial charge in [-0.3, -0.25) is 0 Å². The molecule has 0 fully saturated rings. The highest BCUT2D eigenvalue weighted by atomic mass is 35.5. The fraction of sp³-hybridized carbons (Fsp3) is 0.250. The van der Waals surface area contributed by atoms with Crippen molar-refractivity contribution in [3.05, 3.63) is 70.2 Å². The summed E-state index contributed by atoms with van der Waals surface area (Å²) < 4.78 is 0. The molecule has 0 saturated heterocycles. The predicted molar refractivity (Wildman–Crippen MR) is 78.1 cm³/mol. The van der Waals surface area contributed by atoms with Crippen molar-refractivity contribution in [1.82, 2.24) is 4.90 Å². The van der Waals surface area contributed by atoms with E-state index in [1.807, 2.05) is 18.2 Å². The Bertz CT molecular complexity index is 520. The molecule has 18 heavy (non-hydrogen) atoms. The second kappa shape index (κ2) is 6.03. The van der Waals surface area contributed by atoms with Crippen LogP contribution in [0.4, 0.5) is 0 Å². The summed E-state index contributed by atoms with van der Waals surface area (Å²) in [6, 6.07) is 16.7. The fourth-order valence-corrected chi connectivity index (χ4v) is 2.27. The van der Waals surface area contributed by atoms with Crippen LogP contribution in [0.15, 0.2) is 48.5 Å². The third-order valence-electron chi connectivity index (χ3n) is 2.84. The Kier molecular flexibility index (Phi) is 4.40. The lowest BCUT2D eigenvalue weighted by Gasteiger charge is -2.11. The van der Waals surface area contributed by atoms with Gasteiger partial charge in [-0.1, -0.05) is 54.1 Å². The second-order valence-corrected chi connectivity index (χ2v) is 5.23. The minimum Gasteiger partial charge on any atom is -0.305 e. The van der Waals surface area contributed by atoms with Crippen LogP contribution in [0.1, 0.15) is 16.7 Å². The van der Waals surface area contributed by atoms with E-state index < -0.39 is 0 Å². The molecule has 2 aromatic carbocycles. The highest BCUT2D eigenvalue weighted by Crippen LogP contribution is 2.19. The number of benzene rings is 2. The van der Waals surface area contributed by atoms with E-state index in [1.54, 1.807) is 0 Å². The zero-order valence-electron chi connectivity index (χ0n) is 10.9. The third-order valence-corrected chi connectivity index (χ3v) is 3.21. The molecule has 0 heterocycles. The third kappa shape index (κ3) is 3.59. The van der Waals surface area contributed by atoms with Crippen molar-refractivity contribution in [3.8, 4) is 0 Å². The van der Waals surface area contributed by atoms with Gasteiger partial charge >= 0.3 is 0 Å². The molecule has 0 unspecified atom stereocenters. The van der Waals surface area contributed by atoms with Gasteiger partial charge in [0.1, 0.15) is 0 Å². The van der Waals surface area contributed by atoms with E-state index in [0.717, 1.165) is 18.0 Å². The van der Waals surface area contributed by atoms with Gasteiger partial charge in [0.15, 0.2) is 0 Å². The lowest BCUT2D eigenvalue weighted by atomic mass is 10.0. The lowest BCUT2D eigenvalue weighted by Crippen LogP contribution is -2.10. The molecule has 0 aliphatic heterocycles. The minimum absolute atomic E-state index is 0.843. The van der Waals surface area contributed by atoms with Crippen LogP contribution in [0.25, 0.3) is 0 Å². The van der Waals surface area contributed by atoms with Crippen molar-refractivity contribution in [1.29, 1.82) is 0 Å². The van der Waals surface area contributed by atoms with Gasteiger partial charge in [-0.05, 0) is 43.3 Å². The lowest BCUT2D eigenvalue weighted by molar-refractivity contribution is 0.402. The molecule has 0 amide bonds. The molecule has 0 aromatic heterocycles. The molecule has 0 N–H and O–H groups in total. The highest BCUT2D eigenvalue weighted by Gasteiger charge is 2.02. The Morgan fingerprint density at radius 1 is 0.944 bits per heavy atom. The number of hydrogen-bond donors (Lipinski definition) is 0. The SMILES string of the molecule is CN(C)Cc1cccc(Cc2ccccc2Cl)c1. The van der Waals surface area contributed by atoms with Crippen LogP contribution in [0, 0.1) is 0 Å². The van der Waals surface area contributed by atoms with Crippen LogP contribution in [0.5, 0.6) is 0 Å².